The molecule has 0 saturated carbocycles. The highest BCUT2D eigenvalue weighted by Crippen LogP contribution is 2.37. The van der Waals surface area contributed by atoms with Crippen LogP contribution in [0, 0.1) is 0 Å². The standard InChI is InChI=1S/C26H32N6O3/c27-26(33)25-21(5-6-23(30-25)19-17-28-29-18-19)22-16-20(35-15-12-31-10-13-34-14-11-31)4-7-24(22)32-8-2-1-3-9-32/h4-7,16-18H,1-3,8-15H2,(H2,27,33)(H,28,29). The number of carbonyl (C=O) groups excluding carboxylic acids is 1. The van der Waals surface area contributed by atoms with Gasteiger partial charge >= 0.3 is 0 Å². The van der Waals surface area contributed by atoms with Crippen molar-refractivity contribution in [1.82, 2.24) is 20.1 Å². The molecule has 2 fully saturated rings. The van der Waals surface area contributed by atoms with Gasteiger partial charge in [-0.2, -0.15) is 5.10 Å². The Morgan fingerprint density at radius 2 is 1.89 bits per heavy atom. The number of hydrogen-bond acceptors (Lipinski definition) is 7. The van der Waals surface area contributed by atoms with Gasteiger partial charge in [0.1, 0.15) is 18.1 Å². The Morgan fingerprint density at radius 3 is 2.63 bits per heavy atom. The van der Waals surface area contributed by atoms with Crippen molar-refractivity contribution >= 4 is 11.6 Å². The van der Waals surface area contributed by atoms with E-state index in [2.05, 4.69) is 31.0 Å². The molecule has 0 spiro atoms. The zero-order valence-electron chi connectivity index (χ0n) is 19.9. The van der Waals surface area contributed by atoms with Gasteiger partial charge in [-0.3, -0.25) is 14.8 Å². The van der Waals surface area contributed by atoms with Crippen LogP contribution >= 0.6 is 0 Å². The molecule has 5 rings (SSSR count). The summed E-state index contributed by atoms with van der Waals surface area (Å²) < 4.78 is 11.6. The molecule has 3 N–H and O–H groups in total. The number of nitrogens with one attached hydrogen (secondary N) is 1. The van der Waals surface area contributed by atoms with E-state index in [9.17, 15) is 4.79 Å². The molecule has 1 aromatic carbocycles. The van der Waals surface area contributed by atoms with E-state index in [1.54, 1.807) is 12.4 Å². The van der Waals surface area contributed by atoms with Crippen molar-refractivity contribution in [3.63, 3.8) is 0 Å². The first kappa shape index (κ1) is 23.3. The molecule has 1 amide bonds. The number of amides is 1. The number of pyridine rings is 1. The number of benzene rings is 1. The second-order valence-corrected chi connectivity index (χ2v) is 8.97. The predicted octanol–water partition coefficient (Wildman–Crippen LogP) is 2.94. The Labute approximate surface area is 205 Å². The minimum Gasteiger partial charge on any atom is -0.492 e. The summed E-state index contributed by atoms with van der Waals surface area (Å²) in [5.41, 5.74) is 10.2. The molecule has 3 aromatic rings. The van der Waals surface area contributed by atoms with Crippen molar-refractivity contribution in [2.45, 2.75) is 19.3 Å². The minimum atomic E-state index is -0.562. The van der Waals surface area contributed by atoms with Gasteiger partial charge in [-0.25, -0.2) is 4.98 Å². The van der Waals surface area contributed by atoms with Gasteiger partial charge in [-0.1, -0.05) is 0 Å². The highest BCUT2D eigenvalue weighted by molar-refractivity contribution is 6.00. The number of rotatable bonds is 8. The average molecular weight is 477 g/mol. The molecule has 0 atom stereocenters. The number of carbonyl (C=O) groups is 1. The molecule has 9 nitrogen and oxygen atoms in total. The van der Waals surface area contributed by atoms with Gasteiger partial charge in [0.25, 0.3) is 5.91 Å². The van der Waals surface area contributed by atoms with Gasteiger partial charge in [0.05, 0.1) is 25.1 Å². The van der Waals surface area contributed by atoms with Crippen LogP contribution in [0.5, 0.6) is 5.75 Å². The van der Waals surface area contributed by atoms with E-state index in [0.717, 1.165) is 81.3 Å². The summed E-state index contributed by atoms with van der Waals surface area (Å²) >= 11 is 0. The van der Waals surface area contributed by atoms with E-state index in [-0.39, 0.29) is 5.69 Å². The van der Waals surface area contributed by atoms with Crippen LogP contribution in [0.1, 0.15) is 29.8 Å². The predicted molar refractivity (Wildman–Crippen MR) is 135 cm³/mol. The van der Waals surface area contributed by atoms with Crippen molar-refractivity contribution in [1.29, 1.82) is 0 Å². The lowest BCUT2D eigenvalue weighted by Crippen LogP contribution is -2.38. The number of hydrogen-bond donors (Lipinski definition) is 2. The first-order valence-electron chi connectivity index (χ1n) is 12.3. The highest BCUT2D eigenvalue weighted by Gasteiger charge is 2.21. The number of H-pyrrole nitrogens is 1. The third-order valence-electron chi connectivity index (χ3n) is 6.66. The molecule has 4 heterocycles. The molecule has 0 bridgehead atoms. The average Bonchev–Trinajstić information content (AvgIpc) is 3.45. The lowest BCUT2D eigenvalue weighted by molar-refractivity contribution is 0.0322. The summed E-state index contributed by atoms with van der Waals surface area (Å²) in [7, 11) is 0. The minimum absolute atomic E-state index is 0.243. The lowest BCUT2D eigenvalue weighted by atomic mass is 9.98. The first-order valence-corrected chi connectivity index (χ1v) is 12.3. The number of anilines is 1. The van der Waals surface area contributed by atoms with Crippen molar-refractivity contribution < 1.29 is 14.3 Å². The van der Waals surface area contributed by atoms with Crippen molar-refractivity contribution in [2.24, 2.45) is 5.73 Å². The molecule has 35 heavy (non-hydrogen) atoms. The lowest BCUT2D eigenvalue weighted by Gasteiger charge is -2.31. The van der Waals surface area contributed by atoms with Crippen LogP contribution < -0.4 is 15.4 Å². The largest absolute Gasteiger partial charge is 0.492 e. The number of nitrogens with zero attached hydrogens (tertiary/aromatic N) is 4. The third-order valence-corrected chi connectivity index (χ3v) is 6.66. The number of nitrogens with two attached hydrogens (primary N) is 1. The monoisotopic (exact) mass is 476 g/mol. The second-order valence-electron chi connectivity index (χ2n) is 8.97. The summed E-state index contributed by atoms with van der Waals surface area (Å²) in [5, 5.41) is 6.77. The Morgan fingerprint density at radius 1 is 1.06 bits per heavy atom. The number of aromatic nitrogens is 3. The van der Waals surface area contributed by atoms with E-state index in [0.29, 0.717) is 17.9 Å². The maximum Gasteiger partial charge on any atom is 0.267 e. The van der Waals surface area contributed by atoms with Crippen molar-refractivity contribution in [3.8, 4) is 28.1 Å². The molecule has 2 aromatic heterocycles. The SMILES string of the molecule is NC(=O)c1nc(-c2cn[nH]c2)ccc1-c1cc(OCCN2CCOCC2)ccc1N1CCCCC1. The van der Waals surface area contributed by atoms with E-state index in [1.807, 2.05) is 24.3 Å². The molecule has 2 aliphatic rings. The van der Waals surface area contributed by atoms with Crippen LogP contribution in [0.15, 0.2) is 42.7 Å². The number of primary amides is 1. The van der Waals surface area contributed by atoms with Crippen molar-refractivity contribution in [2.75, 3.05) is 57.4 Å². The van der Waals surface area contributed by atoms with E-state index in [1.165, 1.54) is 6.42 Å². The van der Waals surface area contributed by atoms with Crippen LogP contribution in [0.3, 0.4) is 0 Å². The van der Waals surface area contributed by atoms with Crippen molar-refractivity contribution in [3.05, 3.63) is 48.4 Å². The number of piperidine rings is 1. The molecule has 0 radical (unpaired) electrons. The highest BCUT2D eigenvalue weighted by atomic mass is 16.5. The number of aromatic amines is 1. The van der Waals surface area contributed by atoms with Crippen LogP contribution in [0.25, 0.3) is 22.4 Å². The quantitative estimate of drug-likeness (QED) is 0.514. The molecule has 184 valence electrons. The summed E-state index contributed by atoms with van der Waals surface area (Å²) in [6.07, 6.45) is 6.96. The Hall–Kier alpha value is -3.43. The smallest absolute Gasteiger partial charge is 0.267 e. The third kappa shape index (κ3) is 5.47. The van der Waals surface area contributed by atoms with Gasteiger partial charge in [0.15, 0.2) is 0 Å². The molecule has 9 heteroatoms. The molecular weight excluding hydrogens is 444 g/mol. The van der Waals surface area contributed by atoms with Crippen LogP contribution in [0.4, 0.5) is 5.69 Å². The molecule has 2 saturated heterocycles. The van der Waals surface area contributed by atoms with Gasteiger partial charge in [-0.05, 0) is 49.6 Å². The number of ether oxygens (including phenoxy) is 2. The van der Waals surface area contributed by atoms with Crippen LogP contribution in [0.2, 0.25) is 0 Å². The fourth-order valence-electron chi connectivity index (χ4n) is 4.76. The van der Waals surface area contributed by atoms with E-state index < -0.39 is 5.91 Å². The Bertz CT molecular complexity index is 1140. The Kier molecular flexibility index (Phi) is 7.25. The fraction of sp³-hybridized carbons (Fsp3) is 0.423. The van der Waals surface area contributed by atoms with Gasteiger partial charge in [0.2, 0.25) is 0 Å². The maximum absolute atomic E-state index is 12.5. The normalized spacial score (nSPS) is 16.9. The first-order chi connectivity index (χ1) is 17.2. The summed E-state index contributed by atoms with van der Waals surface area (Å²) in [6.45, 7) is 6.80. The van der Waals surface area contributed by atoms with E-state index in [4.69, 9.17) is 15.2 Å². The zero-order chi connectivity index (χ0) is 24.0. The molecular formula is C26H32N6O3. The summed E-state index contributed by atoms with van der Waals surface area (Å²) in [4.78, 5) is 21.9. The van der Waals surface area contributed by atoms with E-state index >= 15 is 0 Å². The van der Waals surface area contributed by atoms with Gasteiger partial charge in [0, 0.05) is 61.3 Å². The molecule has 2 aliphatic heterocycles. The molecule has 0 aliphatic carbocycles. The molecule has 0 unspecified atom stereocenters. The fourth-order valence-corrected chi connectivity index (χ4v) is 4.76. The Balaban J connectivity index is 1.47. The van der Waals surface area contributed by atoms with Gasteiger partial charge in [-0.15, -0.1) is 0 Å². The van der Waals surface area contributed by atoms with Crippen LogP contribution in [-0.2, 0) is 4.74 Å². The number of morpholine rings is 1. The second kappa shape index (κ2) is 10.9. The topological polar surface area (TPSA) is 110 Å². The summed E-state index contributed by atoms with van der Waals surface area (Å²) in [5.74, 6) is 0.205. The maximum atomic E-state index is 12.5. The summed E-state index contributed by atoms with van der Waals surface area (Å²) in [6, 6.07) is 9.96. The zero-order valence-corrected chi connectivity index (χ0v) is 19.9. The van der Waals surface area contributed by atoms with Gasteiger partial charge < -0.3 is 20.1 Å². The van der Waals surface area contributed by atoms with Crippen LogP contribution in [-0.4, -0.2) is 78.5 Å².